The number of ether oxygens (including phenoxy) is 1. The van der Waals surface area contributed by atoms with Crippen molar-refractivity contribution in [3.8, 4) is 0 Å². The molecule has 1 aliphatic rings. The van der Waals surface area contributed by atoms with Gasteiger partial charge >= 0.3 is 11.9 Å². The van der Waals surface area contributed by atoms with E-state index in [0.717, 1.165) is 21.9 Å². The molecule has 168 valence electrons. The predicted molar refractivity (Wildman–Crippen MR) is 131 cm³/mol. The maximum Gasteiger partial charge on any atom is 0.337 e. The number of carboxylic acid groups (broad SMARTS) is 1. The molecule has 1 unspecified atom stereocenters. The summed E-state index contributed by atoms with van der Waals surface area (Å²) in [5.74, 6) is -2.41. The van der Waals surface area contributed by atoms with Gasteiger partial charge in [0.05, 0.1) is 17.1 Å². The molecular weight excluding hydrogens is 414 g/mol. The lowest BCUT2D eigenvalue weighted by atomic mass is 9.80. The molecule has 1 atom stereocenters. The first-order chi connectivity index (χ1) is 15.9. The molecule has 1 heterocycles. The second-order valence-electron chi connectivity index (χ2n) is 7.65. The van der Waals surface area contributed by atoms with Crippen molar-refractivity contribution >= 4 is 22.7 Å². The van der Waals surface area contributed by atoms with Crippen molar-refractivity contribution in [3.05, 3.63) is 120 Å². The van der Waals surface area contributed by atoms with Crippen LogP contribution in [-0.4, -0.2) is 23.7 Å². The Balaban J connectivity index is 1.97. The number of rotatable bonds is 8. The van der Waals surface area contributed by atoms with Crippen molar-refractivity contribution in [2.24, 2.45) is 0 Å². The Morgan fingerprint density at radius 2 is 1.76 bits per heavy atom. The van der Waals surface area contributed by atoms with Crippen LogP contribution in [0.3, 0.4) is 0 Å². The minimum Gasteiger partial charge on any atom is -0.478 e. The van der Waals surface area contributed by atoms with Crippen LogP contribution in [0.4, 0.5) is 0 Å². The number of carbonyl (C=O) groups is 2. The number of aliphatic carboxylic acids is 1. The van der Waals surface area contributed by atoms with Crippen LogP contribution >= 0.6 is 0 Å². The second kappa shape index (κ2) is 10.5. The summed E-state index contributed by atoms with van der Waals surface area (Å²) in [6.07, 6.45) is 8.57. The smallest absolute Gasteiger partial charge is 0.337 e. The third-order valence-corrected chi connectivity index (χ3v) is 5.48. The molecule has 0 radical (unpaired) electrons. The summed E-state index contributed by atoms with van der Waals surface area (Å²) in [7, 11) is 0. The Morgan fingerprint density at radius 3 is 2.42 bits per heavy atom. The molecule has 0 fully saturated rings. The third-order valence-electron chi connectivity index (χ3n) is 5.48. The van der Waals surface area contributed by atoms with Crippen molar-refractivity contribution in [3.63, 3.8) is 0 Å². The van der Waals surface area contributed by atoms with Gasteiger partial charge in [0.2, 0.25) is 0 Å². The van der Waals surface area contributed by atoms with E-state index >= 15 is 0 Å². The van der Waals surface area contributed by atoms with E-state index in [1.807, 2.05) is 42.5 Å². The molecule has 2 aromatic rings. The summed E-state index contributed by atoms with van der Waals surface area (Å²) < 4.78 is 5.50. The number of carboxylic acids is 1. The molecule has 0 aliphatic carbocycles. The molecule has 0 amide bonds. The first-order valence-corrected chi connectivity index (χ1v) is 10.6. The molecular formula is C28H27NO4. The summed E-state index contributed by atoms with van der Waals surface area (Å²) in [6.45, 7) is 10.9. The molecule has 5 heteroatoms. The van der Waals surface area contributed by atoms with Crippen LogP contribution in [0.25, 0.3) is 10.8 Å². The molecule has 0 saturated heterocycles. The second-order valence-corrected chi connectivity index (χ2v) is 7.65. The summed E-state index contributed by atoms with van der Waals surface area (Å²) in [5.41, 5.74) is 3.03. The van der Waals surface area contributed by atoms with Crippen LogP contribution in [-0.2, 0) is 14.3 Å². The number of fused-ring (bicyclic) bond motifs is 1. The quantitative estimate of drug-likeness (QED) is 0.415. The monoisotopic (exact) mass is 441 g/mol. The van der Waals surface area contributed by atoms with Gasteiger partial charge in [0.1, 0.15) is 6.61 Å². The Kier molecular flexibility index (Phi) is 7.46. The molecule has 0 saturated carbocycles. The highest BCUT2D eigenvalue weighted by Crippen LogP contribution is 2.39. The standard InChI is InChI=1S/C28H27NO4/c1-5-10-20(6-2)11-9-16-33-28(32)25-19(4)29-18(3)24(27(30)31)26(25)23-15-14-21-12-7-8-13-22(21)17-23/h5-15,17,26,29H,1-2,16H2,3-4H3,(H,30,31)/b11-9+,20-10+. The Bertz CT molecular complexity index is 1240. The summed E-state index contributed by atoms with van der Waals surface area (Å²) in [5, 5.41) is 15.0. The molecule has 33 heavy (non-hydrogen) atoms. The predicted octanol–water partition coefficient (Wildman–Crippen LogP) is 5.56. The fraction of sp³-hybridized carbons (Fsp3) is 0.143. The number of allylic oxidation sites excluding steroid dienone is 7. The fourth-order valence-corrected chi connectivity index (χ4v) is 3.98. The van der Waals surface area contributed by atoms with Crippen LogP contribution in [0.15, 0.2) is 114 Å². The Labute approximate surface area is 193 Å². The highest BCUT2D eigenvalue weighted by molar-refractivity contribution is 5.99. The number of nitrogens with one attached hydrogen (secondary N) is 1. The van der Waals surface area contributed by atoms with Crippen molar-refractivity contribution < 1.29 is 19.4 Å². The summed E-state index contributed by atoms with van der Waals surface area (Å²) in [4.78, 5) is 25.4. The largest absolute Gasteiger partial charge is 0.478 e. The van der Waals surface area contributed by atoms with Gasteiger partial charge in [-0.3, -0.25) is 0 Å². The van der Waals surface area contributed by atoms with Gasteiger partial charge in [0, 0.05) is 11.4 Å². The lowest BCUT2D eigenvalue weighted by Gasteiger charge is -2.29. The molecule has 2 aromatic carbocycles. The van der Waals surface area contributed by atoms with Gasteiger partial charge in [0.15, 0.2) is 0 Å². The van der Waals surface area contributed by atoms with Crippen LogP contribution in [0.1, 0.15) is 25.3 Å². The first-order valence-electron chi connectivity index (χ1n) is 10.6. The van der Waals surface area contributed by atoms with E-state index in [0.29, 0.717) is 11.4 Å². The molecule has 1 aliphatic heterocycles. The minimum atomic E-state index is -1.08. The minimum absolute atomic E-state index is 0.0352. The van der Waals surface area contributed by atoms with E-state index in [2.05, 4.69) is 18.5 Å². The number of benzene rings is 2. The Hall–Kier alpha value is -4.12. The van der Waals surface area contributed by atoms with Crippen LogP contribution < -0.4 is 5.32 Å². The average Bonchev–Trinajstić information content (AvgIpc) is 2.79. The first kappa shape index (κ1) is 23.5. The lowest BCUT2D eigenvalue weighted by molar-refractivity contribution is -0.138. The van der Waals surface area contributed by atoms with E-state index in [1.165, 1.54) is 0 Å². The molecule has 0 bridgehead atoms. The van der Waals surface area contributed by atoms with Gasteiger partial charge in [0.25, 0.3) is 0 Å². The molecule has 3 rings (SSSR count). The van der Waals surface area contributed by atoms with E-state index in [9.17, 15) is 14.7 Å². The summed E-state index contributed by atoms with van der Waals surface area (Å²) >= 11 is 0. The van der Waals surface area contributed by atoms with Crippen LogP contribution in [0, 0.1) is 0 Å². The number of carbonyl (C=O) groups excluding carboxylic acids is 1. The zero-order valence-electron chi connectivity index (χ0n) is 18.8. The van der Waals surface area contributed by atoms with Crippen molar-refractivity contribution in [2.75, 3.05) is 6.61 Å². The number of hydrogen-bond acceptors (Lipinski definition) is 4. The SMILES string of the molecule is C=C/C=C(C=C)/C=C/COC(=O)C1=C(C)NC(C)=C(C(=O)O)C1c1ccc2ccccc2c1. The molecule has 2 N–H and O–H groups in total. The molecule has 0 aromatic heterocycles. The average molecular weight is 442 g/mol. The van der Waals surface area contributed by atoms with Gasteiger partial charge in [-0.2, -0.15) is 0 Å². The highest BCUT2D eigenvalue weighted by Gasteiger charge is 2.37. The normalized spacial score (nSPS) is 16.7. The van der Waals surface area contributed by atoms with Crippen molar-refractivity contribution in [1.82, 2.24) is 5.32 Å². The van der Waals surface area contributed by atoms with Crippen molar-refractivity contribution in [2.45, 2.75) is 19.8 Å². The van der Waals surface area contributed by atoms with E-state index in [-0.39, 0.29) is 17.8 Å². The highest BCUT2D eigenvalue weighted by atomic mass is 16.5. The van der Waals surface area contributed by atoms with E-state index in [1.54, 1.807) is 44.2 Å². The van der Waals surface area contributed by atoms with Gasteiger partial charge in [-0.1, -0.05) is 79.9 Å². The van der Waals surface area contributed by atoms with Gasteiger partial charge in [-0.25, -0.2) is 9.59 Å². The van der Waals surface area contributed by atoms with Gasteiger partial charge in [-0.05, 0) is 41.8 Å². The van der Waals surface area contributed by atoms with Crippen LogP contribution in [0.5, 0.6) is 0 Å². The number of dihydropyridines is 1. The van der Waals surface area contributed by atoms with E-state index in [4.69, 9.17) is 4.74 Å². The zero-order chi connectivity index (χ0) is 24.0. The number of hydrogen-bond donors (Lipinski definition) is 2. The van der Waals surface area contributed by atoms with E-state index < -0.39 is 17.9 Å². The number of esters is 1. The maximum absolute atomic E-state index is 13.2. The van der Waals surface area contributed by atoms with Crippen LogP contribution in [0.2, 0.25) is 0 Å². The van der Waals surface area contributed by atoms with Gasteiger partial charge < -0.3 is 15.2 Å². The topological polar surface area (TPSA) is 75.6 Å². The fourth-order valence-electron chi connectivity index (χ4n) is 3.98. The summed E-state index contributed by atoms with van der Waals surface area (Å²) in [6, 6.07) is 13.6. The Morgan fingerprint density at radius 1 is 1.06 bits per heavy atom. The van der Waals surface area contributed by atoms with Gasteiger partial charge in [-0.15, -0.1) is 0 Å². The molecule has 5 nitrogen and oxygen atoms in total. The van der Waals surface area contributed by atoms with Crippen molar-refractivity contribution in [1.29, 1.82) is 0 Å². The molecule has 0 spiro atoms. The lowest BCUT2D eigenvalue weighted by Crippen LogP contribution is -2.31. The third kappa shape index (κ3) is 5.21. The zero-order valence-corrected chi connectivity index (χ0v) is 18.8. The maximum atomic E-state index is 13.2.